The van der Waals surface area contributed by atoms with Crippen LogP contribution in [0.25, 0.3) is 0 Å². The molecule has 1 amide bonds. The van der Waals surface area contributed by atoms with E-state index in [0.29, 0.717) is 33.3 Å². The second-order valence-corrected chi connectivity index (χ2v) is 7.22. The van der Waals surface area contributed by atoms with Crippen LogP contribution < -0.4 is 14.4 Å². The van der Waals surface area contributed by atoms with E-state index in [2.05, 4.69) is 15.9 Å². The fraction of sp³-hybridized carbons (Fsp3) is 0.286. The van der Waals surface area contributed by atoms with Crippen LogP contribution in [0, 0.1) is 11.3 Å². The molecule has 7 nitrogen and oxygen atoms in total. The molecule has 0 atom stereocenters. The summed E-state index contributed by atoms with van der Waals surface area (Å²) in [7, 11) is 1.46. The van der Waals surface area contributed by atoms with Gasteiger partial charge in [-0.25, -0.2) is 4.79 Å². The first-order chi connectivity index (χ1) is 14.4. The number of nitrogens with zero attached hydrogens (tertiary/aromatic N) is 2. The lowest BCUT2D eigenvalue weighted by atomic mass is 10.2. The van der Waals surface area contributed by atoms with Gasteiger partial charge in [-0.2, -0.15) is 5.26 Å². The number of carbonyl (C=O) groups excluding carboxylic acids is 2. The Morgan fingerprint density at radius 3 is 2.67 bits per heavy atom. The van der Waals surface area contributed by atoms with Crippen LogP contribution in [-0.2, 0) is 9.53 Å². The van der Waals surface area contributed by atoms with E-state index in [-0.39, 0.29) is 18.5 Å². The second kappa shape index (κ2) is 11.4. The van der Waals surface area contributed by atoms with Crippen LogP contribution in [-0.4, -0.2) is 38.7 Å². The average molecular weight is 496 g/mol. The van der Waals surface area contributed by atoms with Crippen molar-refractivity contribution in [3.63, 3.8) is 0 Å². The van der Waals surface area contributed by atoms with Crippen molar-refractivity contribution in [2.45, 2.75) is 13.3 Å². The van der Waals surface area contributed by atoms with Gasteiger partial charge in [0.05, 0.1) is 36.2 Å². The van der Waals surface area contributed by atoms with Crippen molar-refractivity contribution in [3.05, 3.63) is 51.5 Å². The Morgan fingerprint density at radius 2 is 2.03 bits per heavy atom. The van der Waals surface area contributed by atoms with E-state index < -0.39 is 18.5 Å². The molecule has 0 fully saturated rings. The topological polar surface area (TPSA) is 88.9 Å². The highest BCUT2D eigenvalue weighted by Crippen LogP contribution is 2.36. The van der Waals surface area contributed by atoms with Crippen molar-refractivity contribution in [1.29, 1.82) is 5.26 Å². The molecule has 158 valence electrons. The van der Waals surface area contributed by atoms with Crippen molar-refractivity contribution in [1.82, 2.24) is 0 Å². The normalized spacial score (nSPS) is 10.1. The van der Waals surface area contributed by atoms with E-state index in [1.807, 2.05) is 13.0 Å². The number of ether oxygens (including phenoxy) is 3. The van der Waals surface area contributed by atoms with Crippen LogP contribution in [0.4, 0.5) is 5.69 Å². The monoisotopic (exact) mass is 494 g/mol. The smallest absolute Gasteiger partial charge is 0.338 e. The number of nitriles is 1. The van der Waals surface area contributed by atoms with Gasteiger partial charge < -0.3 is 19.1 Å². The van der Waals surface area contributed by atoms with Gasteiger partial charge in [-0.1, -0.05) is 17.7 Å². The zero-order valence-corrected chi connectivity index (χ0v) is 18.8. The molecule has 0 heterocycles. The summed E-state index contributed by atoms with van der Waals surface area (Å²) in [5, 5.41) is 9.32. The summed E-state index contributed by atoms with van der Waals surface area (Å²) < 4.78 is 16.5. The lowest BCUT2D eigenvalue weighted by Gasteiger charge is -2.22. The van der Waals surface area contributed by atoms with Gasteiger partial charge in [0.2, 0.25) is 0 Å². The van der Waals surface area contributed by atoms with Gasteiger partial charge in [0.1, 0.15) is 0 Å². The fourth-order valence-electron chi connectivity index (χ4n) is 2.61. The van der Waals surface area contributed by atoms with E-state index in [9.17, 15) is 9.59 Å². The highest BCUT2D eigenvalue weighted by Gasteiger charge is 2.20. The van der Waals surface area contributed by atoms with Crippen molar-refractivity contribution in [3.8, 4) is 17.6 Å². The Kier molecular flexibility index (Phi) is 8.96. The Bertz CT molecular complexity index is 961. The van der Waals surface area contributed by atoms with E-state index in [4.69, 9.17) is 31.1 Å². The molecule has 0 aliphatic heterocycles. The molecule has 0 aliphatic carbocycles. The minimum atomic E-state index is -0.697. The first-order valence-corrected chi connectivity index (χ1v) is 10.2. The van der Waals surface area contributed by atoms with Crippen LogP contribution in [0.2, 0.25) is 5.02 Å². The maximum Gasteiger partial charge on any atom is 0.338 e. The molecule has 2 aromatic carbocycles. The van der Waals surface area contributed by atoms with Gasteiger partial charge in [-0.15, -0.1) is 0 Å². The third-order valence-electron chi connectivity index (χ3n) is 3.95. The Morgan fingerprint density at radius 1 is 1.27 bits per heavy atom. The van der Waals surface area contributed by atoms with Crippen molar-refractivity contribution >= 4 is 45.1 Å². The third-order valence-corrected chi connectivity index (χ3v) is 4.77. The SMILES string of the molecule is CCOc1c(Br)cc(C(=O)OCC(=O)N(CCC#N)c2cccc(Cl)c2)cc1OC. The van der Waals surface area contributed by atoms with E-state index in [1.165, 1.54) is 24.1 Å². The molecule has 30 heavy (non-hydrogen) atoms. The molecule has 0 aliphatic rings. The Hall–Kier alpha value is -2.76. The number of benzene rings is 2. The van der Waals surface area contributed by atoms with Gasteiger partial charge in [-0.05, 0) is 53.2 Å². The zero-order valence-electron chi connectivity index (χ0n) is 16.5. The number of esters is 1. The maximum absolute atomic E-state index is 12.7. The summed E-state index contributed by atoms with van der Waals surface area (Å²) in [6, 6.07) is 11.7. The summed E-state index contributed by atoms with van der Waals surface area (Å²) in [4.78, 5) is 26.5. The quantitative estimate of drug-likeness (QED) is 0.472. The molecule has 0 saturated carbocycles. The molecule has 9 heteroatoms. The summed E-state index contributed by atoms with van der Waals surface area (Å²) in [6.45, 7) is 1.91. The van der Waals surface area contributed by atoms with Crippen molar-refractivity contribution in [2.75, 3.05) is 31.8 Å². The zero-order chi connectivity index (χ0) is 22.1. The molecule has 0 N–H and O–H groups in total. The van der Waals surface area contributed by atoms with Crippen LogP contribution in [0.15, 0.2) is 40.9 Å². The lowest BCUT2D eigenvalue weighted by molar-refractivity contribution is -0.121. The van der Waals surface area contributed by atoms with E-state index in [0.717, 1.165) is 0 Å². The molecule has 0 spiro atoms. The van der Waals surface area contributed by atoms with Gasteiger partial charge >= 0.3 is 5.97 Å². The molecule has 0 radical (unpaired) electrons. The fourth-order valence-corrected chi connectivity index (χ4v) is 3.36. The summed E-state index contributed by atoms with van der Waals surface area (Å²) in [6.07, 6.45) is 0.120. The Balaban J connectivity index is 2.14. The number of halogens is 2. The predicted octanol–water partition coefficient (Wildman–Crippen LogP) is 4.61. The lowest BCUT2D eigenvalue weighted by Crippen LogP contribution is -2.35. The van der Waals surface area contributed by atoms with Crippen LogP contribution in [0.3, 0.4) is 0 Å². The summed E-state index contributed by atoms with van der Waals surface area (Å²) >= 11 is 9.34. The van der Waals surface area contributed by atoms with Crippen molar-refractivity contribution < 1.29 is 23.8 Å². The minimum absolute atomic E-state index is 0.120. The summed E-state index contributed by atoms with van der Waals surface area (Å²) in [5.74, 6) is -0.343. The number of carbonyl (C=O) groups is 2. The number of rotatable bonds is 9. The maximum atomic E-state index is 12.7. The van der Waals surface area contributed by atoms with E-state index in [1.54, 1.807) is 24.3 Å². The number of hydrogen-bond acceptors (Lipinski definition) is 6. The van der Waals surface area contributed by atoms with Gasteiger partial charge in [-0.3, -0.25) is 4.79 Å². The predicted molar refractivity (Wildman–Crippen MR) is 116 cm³/mol. The molecule has 0 unspecified atom stereocenters. The minimum Gasteiger partial charge on any atom is -0.493 e. The second-order valence-electron chi connectivity index (χ2n) is 5.93. The molecular formula is C21H20BrClN2O5. The highest BCUT2D eigenvalue weighted by atomic mass is 79.9. The standard InChI is InChI=1S/C21H20BrClN2O5/c1-3-29-20-17(22)10-14(11-18(20)28-2)21(27)30-13-19(26)25(9-5-8-24)16-7-4-6-15(23)12-16/h4,6-7,10-12H,3,5,9,13H2,1-2H3. The van der Waals surface area contributed by atoms with Crippen LogP contribution in [0.5, 0.6) is 11.5 Å². The molecule has 0 bridgehead atoms. The molecule has 2 rings (SSSR count). The van der Waals surface area contributed by atoms with E-state index >= 15 is 0 Å². The van der Waals surface area contributed by atoms with Crippen LogP contribution in [0.1, 0.15) is 23.7 Å². The number of amides is 1. The molecule has 2 aromatic rings. The number of methoxy groups -OCH3 is 1. The molecular weight excluding hydrogens is 476 g/mol. The largest absolute Gasteiger partial charge is 0.493 e. The first kappa shape index (κ1) is 23.5. The molecule has 0 aromatic heterocycles. The van der Waals surface area contributed by atoms with Gasteiger partial charge in [0, 0.05) is 17.3 Å². The van der Waals surface area contributed by atoms with Gasteiger partial charge in [0.15, 0.2) is 18.1 Å². The average Bonchev–Trinajstić information content (AvgIpc) is 2.73. The Labute approximate surface area is 188 Å². The first-order valence-electron chi connectivity index (χ1n) is 9.01. The number of anilines is 1. The number of hydrogen-bond donors (Lipinski definition) is 0. The van der Waals surface area contributed by atoms with Crippen LogP contribution >= 0.6 is 27.5 Å². The molecule has 0 saturated heterocycles. The highest BCUT2D eigenvalue weighted by molar-refractivity contribution is 9.10. The van der Waals surface area contributed by atoms with Gasteiger partial charge in [0.25, 0.3) is 5.91 Å². The van der Waals surface area contributed by atoms with Crippen molar-refractivity contribution in [2.24, 2.45) is 0 Å². The summed E-state index contributed by atoms with van der Waals surface area (Å²) in [5.41, 5.74) is 0.714. The third kappa shape index (κ3) is 6.12.